The number of nitrogens with one attached hydrogen (secondary N) is 1. The van der Waals surface area contributed by atoms with E-state index in [0.29, 0.717) is 25.7 Å². The molecule has 1 unspecified atom stereocenters. The highest BCUT2D eigenvalue weighted by Crippen LogP contribution is 2.57. The smallest absolute Gasteiger partial charge is 0.307 e. The molecule has 0 radical (unpaired) electrons. The van der Waals surface area contributed by atoms with Crippen molar-refractivity contribution in [1.29, 1.82) is 0 Å². The second kappa shape index (κ2) is 14.3. The molecule has 248 valence electrons. The summed E-state index contributed by atoms with van der Waals surface area (Å²) in [5.74, 6) is -3.06. The number of aliphatic hydroxyl groups excluding tert-OH is 1. The van der Waals surface area contributed by atoms with Gasteiger partial charge in [-0.25, -0.2) is 8.42 Å². The largest absolute Gasteiger partial charge is 0.460 e. The van der Waals surface area contributed by atoms with E-state index in [1.165, 1.54) is 4.90 Å². The van der Waals surface area contributed by atoms with E-state index in [9.17, 15) is 32.7 Å². The average molecular weight is 637 g/mol. The Morgan fingerprint density at radius 1 is 1.18 bits per heavy atom. The first-order valence-electron chi connectivity index (χ1n) is 16.0. The van der Waals surface area contributed by atoms with E-state index in [4.69, 9.17) is 4.74 Å². The van der Waals surface area contributed by atoms with E-state index in [0.717, 1.165) is 12.8 Å². The number of hydrogen-bond acceptors (Lipinski definition) is 8. The van der Waals surface area contributed by atoms with E-state index in [2.05, 4.69) is 24.8 Å². The van der Waals surface area contributed by atoms with Crippen LogP contribution in [0.25, 0.3) is 0 Å². The third-order valence-electron chi connectivity index (χ3n) is 9.28. The Morgan fingerprint density at radius 2 is 1.84 bits per heavy atom. The van der Waals surface area contributed by atoms with E-state index < -0.39 is 62.0 Å². The first kappa shape index (κ1) is 35.9. The molecule has 0 aromatic heterocycles. The van der Waals surface area contributed by atoms with Crippen LogP contribution in [0.15, 0.2) is 25.3 Å². The number of sulfonamides is 1. The maximum Gasteiger partial charge on any atom is 0.307 e. The van der Waals surface area contributed by atoms with E-state index in [1.807, 2.05) is 13.0 Å². The topological polar surface area (TPSA) is 147 Å². The Kier molecular flexibility index (Phi) is 11.7. The second-order valence-electron chi connectivity index (χ2n) is 14.2. The number of carbonyl (C=O) groups is 4. The third-order valence-corrected chi connectivity index (χ3v) is 11.1. The van der Waals surface area contributed by atoms with Gasteiger partial charge in [-0.2, -0.15) is 0 Å². The van der Waals surface area contributed by atoms with E-state index in [-0.39, 0.29) is 55.9 Å². The molecule has 2 aliphatic carbocycles. The summed E-state index contributed by atoms with van der Waals surface area (Å²) in [6.07, 6.45) is 6.35. The first-order chi connectivity index (χ1) is 20.5. The minimum atomic E-state index is -3.81. The standard InChI is InChI=1S/C33H52N2O8S/c1-8-11-12-21(4)15-22(9-2)26(17-29(38)43-32(5,6)7)30(39)35-20-24(36)16-27(35)28(37)19-33(18-23(33)10-3)31(40)34-44(41,42)25-13-14-25/h8,10,21-27,36H,1,3,9,11-20H2,2,4-7H3,(H,34,40)/t21?,22-,23-,24-,26+,27+,33-/m1/s1. The van der Waals surface area contributed by atoms with Crippen LogP contribution in [-0.2, 0) is 33.9 Å². The lowest BCUT2D eigenvalue weighted by atomic mass is 9.79. The Bertz CT molecular complexity index is 1220. The van der Waals surface area contributed by atoms with Crippen LogP contribution in [0.4, 0.5) is 0 Å². The van der Waals surface area contributed by atoms with Crippen LogP contribution in [0.2, 0.25) is 0 Å². The third kappa shape index (κ3) is 9.02. The van der Waals surface area contributed by atoms with Crippen LogP contribution in [0.3, 0.4) is 0 Å². The summed E-state index contributed by atoms with van der Waals surface area (Å²) in [5, 5.41) is 10.1. The number of ketones is 1. The maximum absolute atomic E-state index is 14.3. The molecule has 1 saturated heterocycles. The van der Waals surface area contributed by atoms with Crippen LogP contribution in [-0.4, -0.2) is 71.5 Å². The number of likely N-dealkylation sites (tertiary alicyclic amines) is 1. The molecular formula is C33H52N2O8S. The number of carbonyl (C=O) groups excluding carboxylic acids is 4. The fourth-order valence-corrected chi connectivity index (χ4v) is 7.94. The van der Waals surface area contributed by atoms with E-state index >= 15 is 0 Å². The lowest BCUT2D eigenvalue weighted by Gasteiger charge is -2.33. The molecule has 2 N–H and O–H groups in total. The van der Waals surface area contributed by atoms with Crippen molar-refractivity contribution in [2.45, 2.75) is 122 Å². The van der Waals surface area contributed by atoms with Gasteiger partial charge in [-0.15, -0.1) is 13.2 Å². The Balaban J connectivity index is 1.84. The van der Waals surface area contributed by atoms with Crippen molar-refractivity contribution in [3.8, 4) is 0 Å². The molecular weight excluding hydrogens is 584 g/mol. The zero-order valence-electron chi connectivity index (χ0n) is 27.0. The molecule has 3 fully saturated rings. The number of β-amino-alcohol motifs (C(OH)–C–C–N with tert-alkyl or cyclic N) is 1. The van der Waals surface area contributed by atoms with Crippen LogP contribution in [0.1, 0.15) is 98.8 Å². The monoisotopic (exact) mass is 636 g/mol. The summed E-state index contributed by atoms with van der Waals surface area (Å²) < 4.78 is 32.8. The highest BCUT2D eigenvalue weighted by atomic mass is 32.2. The van der Waals surface area contributed by atoms with Gasteiger partial charge in [0, 0.05) is 19.4 Å². The van der Waals surface area contributed by atoms with Crippen molar-refractivity contribution in [3.05, 3.63) is 25.3 Å². The summed E-state index contributed by atoms with van der Waals surface area (Å²) >= 11 is 0. The van der Waals surface area contributed by atoms with Gasteiger partial charge in [0.2, 0.25) is 21.8 Å². The van der Waals surface area contributed by atoms with Gasteiger partial charge in [0.05, 0.1) is 35.1 Å². The first-order valence-corrected chi connectivity index (χ1v) is 17.5. The summed E-state index contributed by atoms with van der Waals surface area (Å²) in [5.41, 5.74) is -1.99. The highest BCUT2D eigenvalue weighted by molar-refractivity contribution is 7.90. The van der Waals surface area contributed by atoms with Crippen molar-refractivity contribution in [2.75, 3.05) is 6.54 Å². The maximum atomic E-state index is 14.3. The summed E-state index contributed by atoms with van der Waals surface area (Å²) in [7, 11) is -3.81. The van der Waals surface area contributed by atoms with Gasteiger partial charge >= 0.3 is 5.97 Å². The number of nitrogens with zero attached hydrogens (tertiary/aromatic N) is 1. The number of hydrogen-bond donors (Lipinski definition) is 2. The van der Waals surface area contributed by atoms with Gasteiger partial charge in [0.1, 0.15) is 5.60 Å². The average Bonchev–Trinajstić information content (AvgIpc) is 3.85. The number of amides is 2. The Labute approximate surface area is 263 Å². The second-order valence-corrected chi connectivity index (χ2v) is 16.2. The molecule has 1 aliphatic heterocycles. The lowest BCUT2D eigenvalue weighted by molar-refractivity contribution is -0.160. The molecule has 2 amide bonds. The van der Waals surface area contributed by atoms with Gasteiger partial charge in [-0.3, -0.25) is 23.9 Å². The summed E-state index contributed by atoms with van der Waals surface area (Å²) in [6, 6.07) is -0.995. The Morgan fingerprint density at radius 3 is 2.36 bits per heavy atom. The number of allylic oxidation sites excluding steroid dienone is 2. The molecule has 11 heteroatoms. The molecule has 3 rings (SSSR count). The molecule has 0 bridgehead atoms. The molecule has 10 nitrogen and oxygen atoms in total. The molecule has 0 aromatic carbocycles. The van der Waals surface area contributed by atoms with Crippen molar-refractivity contribution in [3.63, 3.8) is 0 Å². The van der Waals surface area contributed by atoms with Gasteiger partial charge < -0.3 is 14.7 Å². The van der Waals surface area contributed by atoms with Gasteiger partial charge in [-0.05, 0) is 77.0 Å². The predicted molar refractivity (Wildman–Crippen MR) is 168 cm³/mol. The molecule has 44 heavy (non-hydrogen) atoms. The molecule has 1 heterocycles. The highest BCUT2D eigenvalue weighted by Gasteiger charge is 2.61. The van der Waals surface area contributed by atoms with Crippen molar-refractivity contribution >= 4 is 33.6 Å². The van der Waals surface area contributed by atoms with Crippen LogP contribution in [0, 0.1) is 29.1 Å². The number of rotatable bonds is 17. The molecule has 3 aliphatic rings. The van der Waals surface area contributed by atoms with Gasteiger partial charge in [-0.1, -0.05) is 32.4 Å². The zero-order valence-corrected chi connectivity index (χ0v) is 27.9. The fraction of sp³-hybridized carbons (Fsp3) is 0.758. The fourth-order valence-electron chi connectivity index (χ4n) is 6.55. The number of ether oxygens (including phenoxy) is 1. The minimum absolute atomic E-state index is 0.00703. The Hall–Kier alpha value is -2.53. The van der Waals surface area contributed by atoms with Crippen molar-refractivity contribution < 1.29 is 37.4 Å². The lowest BCUT2D eigenvalue weighted by Crippen LogP contribution is -2.48. The summed E-state index contributed by atoms with van der Waals surface area (Å²) in [4.78, 5) is 55.8. The molecule has 7 atom stereocenters. The van der Waals surface area contributed by atoms with Crippen LogP contribution in [0.5, 0.6) is 0 Å². The minimum Gasteiger partial charge on any atom is -0.460 e. The molecule has 2 saturated carbocycles. The number of Topliss-reactive ketones (excluding diaryl/α,β-unsaturated/α-hetero) is 1. The zero-order chi connectivity index (χ0) is 33.0. The number of aliphatic hydroxyl groups is 1. The van der Waals surface area contributed by atoms with Crippen molar-refractivity contribution in [2.24, 2.45) is 29.1 Å². The van der Waals surface area contributed by atoms with Gasteiger partial charge in [0.15, 0.2) is 5.78 Å². The van der Waals surface area contributed by atoms with Crippen LogP contribution < -0.4 is 4.72 Å². The normalized spacial score (nSPS) is 27.1. The van der Waals surface area contributed by atoms with Gasteiger partial charge in [0.25, 0.3) is 0 Å². The molecule has 0 aromatic rings. The van der Waals surface area contributed by atoms with Crippen LogP contribution >= 0.6 is 0 Å². The number of esters is 1. The SMILES string of the molecule is C=CCCC(C)C[C@@H](CC)[C@H](CC(=O)OC(C)(C)C)C(=O)N1C[C@H](O)C[C@H]1C(=O)C[C@]1(C(=O)NS(=O)(=O)C2CC2)C[C@H]1C=C. The molecule has 0 spiro atoms. The van der Waals surface area contributed by atoms with Crippen molar-refractivity contribution in [1.82, 2.24) is 9.62 Å². The quantitative estimate of drug-likeness (QED) is 0.179. The van der Waals surface area contributed by atoms with E-state index in [1.54, 1.807) is 26.8 Å². The predicted octanol–water partition coefficient (Wildman–Crippen LogP) is 4.07. The summed E-state index contributed by atoms with van der Waals surface area (Å²) in [6.45, 7) is 16.8.